The lowest BCUT2D eigenvalue weighted by molar-refractivity contribution is 0.0697. The predicted octanol–water partition coefficient (Wildman–Crippen LogP) is 3.67. The van der Waals surface area contributed by atoms with Gasteiger partial charge in [0, 0.05) is 24.7 Å². The maximum Gasteiger partial charge on any atom is 0.513 e. The van der Waals surface area contributed by atoms with E-state index in [0.29, 0.717) is 37.6 Å². The summed E-state index contributed by atoms with van der Waals surface area (Å²) in [5, 5.41) is 2.59. The van der Waals surface area contributed by atoms with Crippen LogP contribution in [-0.2, 0) is 4.74 Å². The van der Waals surface area contributed by atoms with Crippen molar-refractivity contribution < 1.29 is 37.0 Å². The van der Waals surface area contributed by atoms with Gasteiger partial charge in [-0.3, -0.25) is 9.59 Å². The van der Waals surface area contributed by atoms with Crippen molar-refractivity contribution in [3.63, 3.8) is 0 Å². The zero-order chi connectivity index (χ0) is 23.3. The van der Waals surface area contributed by atoms with Crippen LogP contribution in [0.2, 0.25) is 0 Å². The molecule has 170 valence electrons. The summed E-state index contributed by atoms with van der Waals surface area (Å²) in [5.74, 6) is -5.44. The Morgan fingerprint density at radius 1 is 1.00 bits per heavy atom. The van der Waals surface area contributed by atoms with E-state index in [1.165, 1.54) is 24.3 Å². The Hall–Kier alpha value is -3.56. The average Bonchev–Trinajstić information content (AvgIpc) is 2.78. The Balaban J connectivity index is 1.53. The van der Waals surface area contributed by atoms with Gasteiger partial charge in [0.05, 0.1) is 12.2 Å². The van der Waals surface area contributed by atoms with Crippen LogP contribution in [0.4, 0.5) is 18.0 Å². The number of carbonyl (C=O) groups is 3. The normalized spacial score (nSPS) is 14.1. The van der Waals surface area contributed by atoms with Crippen molar-refractivity contribution >= 4 is 18.0 Å². The molecule has 0 aromatic heterocycles. The first kappa shape index (κ1) is 23.1. The molecule has 2 aromatic rings. The molecule has 0 spiro atoms. The summed E-state index contributed by atoms with van der Waals surface area (Å²) in [6.45, 7) is 2.51. The van der Waals surface area contributed by atoms with Gasteiger partial charge in [0.2, 0.25) is 0 Å². The van der Waals surface area contributed by atoms with Gasteiger partial charge in [-0.25, -0.2) is 18.0 Å². The molecule has 2 aromatic carbocycles. The number of likely N-dealkylation sites (tertiary alicyclic amines) is 1. The highest BCUT2D eigenvalue weighted by molar-refractivity contribution is 5.95. The SMILES string of the molecule is CCOC(=O)Oc1ccc(C(=O)N2CCC(NC(=O)c3ccc(F)c(F)c3F)CC2)cc1. The number of amides is 2. The first-order valence-electron chi connectivity index (χ1n) is 9.98. The molecule has 32 heavy (non-hydrogen) atoms. The van der Waals surface area contributed by atoms with Gasteiger partial charge in [-0.15, -0.1) is 0 Å². The van der Waals surface area contributed by atoms with Crippen molar-refractivity contribution in [3.05, 3.63) is 65.0 Å². The number of ether oxygens (including phenoxy) is 2. The van der Waals surface area contributed by atoms with Crippen LogP contribution in [0.3, 0.4) is 0 Å². The van der Waals surface area contributed by atoms with Crippen molar-refractivity contribution in [3.8, 4) is 5.75 Å². The summed E-state index contributed by atoms with van der Waals surface area (Å²) in [7, 11) is 0. The van der Waals surface area contributed by atoms with E-state index in [4.69, 9.17) is 4.74 Å². The van der Waals surface area contributed by atoms with Crippen LogP contribution >= 0.6 is 0 Å². The quantitative estimate of drug-likeness (QED) is 0.427. The standard InChI is InChI=1S/C22H21F3N2O5/c1-2-31-22(30)32-15-5-3-13(4-6-15)21(29)27-11-9-14(10-12-27)26-20(28)16-7-8-17(23)19(25)18(16)24/h3-8,14H,2,9-12H2,1H3,(H,26,28). The van der Waals surface area contributed by atoms with E-state index in [2.05, 4.69) is 10.1 Å². The summed E-state index contributed by atoms with van der Waals surface area (Å²) in [4.78, 5) is 37.8. The highest BCUT2D eigenvalue weighted by Crippen LogP contribution is 2.19. The van der Waals surface area contributed by atoms with Gasteiger partial charge < -0.3 is 19.7 Å². The van der Waals surface area contributed by atoms with Gasteiger partial charge in [-0.1, -0.05) is 0 Å². The maximum atomic E-state index is 13.8. The molecule has 0 aliphatic carbocycles. The Labute approximate surface area is 182 Å². The van der Waals surface area contributed by atoms with Crippen molar-refractivity contribution in [2.75, 3.05) is 19.7 Å². The molecule has 1 N–H and O–H groups in total. The molecular weight excluding hydrogens is 429 g/mol. The van der Waals surface area contributed by atoms with Gasteiger partial charge in [0.25, 0.3) is 11.8 Å². The van der Waals surface area contributed by atoms with E-state index in [1.807, 2.05) is 0 Å². The molecule has 0 radical (unpaired) electrons. The number of piperidine rings is 1. The third-order valence-corrected chi connectivity index (χ3v) is 4.96. The Morgan fingerprint density at radius 2 is 1.66 bits per heavy atom. The topological polar surface area (TPSA) is 84.9 Å². The van der Waals surface area contributed by atoms with Crippen molar-refractivity contribution in [1.29, 1.82) is 0 Å². The highest BCUT2D eigenvalue weighted by Gasteiger charge is 2.26. The Morgan fingerprint density at radius 3 is 2.28 bits per heavy atom. The van der Waals surface area contributed by atoms with Crippen LogP contribution in [0, 0.1) is 17.5 Å². The van der Waals surface area contributed by atoms with Crippen molar-refractivity contribution in [2.45, 2.75) is 25.8 Å². The van der Waals surface area contributed by atoms with Crippen LogP contribution in [0.25, 0.3) is 0 Å². The summed E-state index contributed by atoms with van der Waals surface area (Å²) in [6.07, 6.45) is -0.0152. The molecule has 10 heteroatoms. The van der Waals surface area contributed by atoms with Gasteiger partial charge >= 0.3 is 6.16 Å². The number of benzene rings is 2. The second kappa shape index (κ2) is 10.2. The number of hydrogen-bond acceptors (Lipinski definition) is 5. The Bertz CT molecular complexity index is 1010. The number of halogens is 3. The minimum absolute atomic E-state index is 0.182. The van der Waals surface area contributed by atoms with E-state index in [9.17, 15) is 27.6 Å². The van der Waals surface area contributed by atoms with Crippen LogP contribution in [0.5, 0.6) is 5.75 Å². The number of nitrogens with zero attached hydrogens (tertiary/aromatic N) is 1. The molecule has 0 saturated carbocycles. The van der Waals surface area contributed by atoms with E-state index < -0.39 is 35.1 Å². The molecule has 0 atom stereocenters. The fourth-order valence-electron chi connectivity index (χ4n) is 3.28. The van der Waals surface area contributed by atoms with E-state index in [-0.39, 0.29) is 24.3 Å². The zero-order valence-corrected chi connectivity index (χ0v) is 17.2. The molecule has 7 nitrogen and oxygen atoms in total. The molecule has 0 bridgehead atoms. The lowest BCUT2D eigenvalue weighted by Crippen LogP contribution is -2.46. The second-order valence-corrected chi connectivity index (χ2v) is 7.07. The first-order chi connectivity index (χ1) is 15.3. The minimum Gasteiger partial charge on any atom is -0.434 e. The van der Waals surface area contributed by atoms with Gasteiger partial charge in [0.1, 0.15) is 5.75 Å². The van der Waals surface area contributed by atoms with Gasteiger partial charge in [-0.2, -0.15) is 0 Å². The van der Waals surface area contributed by atoms with E-state index >= 15 is 0 Å². The molecule has 0 unspecified atom stereocenters. The third kappa shape index (κ3) is 5.37. The first-order valence-corrected chi connectivity index (χ1v) is 9.98. The number of carbonyl (C=O) groups excluding carboxylic acids is 3. The zero-order valence-electron chi connectivity index (χ0n) is 17.2. The number of hydrogen-bond donors (Lipinski definition) is 1. The molecule has 3 rings (SSSR count). The molecular formula is C22H21F3N2O5. The maximum absolute atomic E-state index is 13.8. The average molecular weight is 450 g/mol. The summed E-state index contributed by atoms with van der Waals surface area (Å²) in [5.41, 5.74) is -0.180. The minimum atomic E-state index is -1.70. The largest absolute Gasteiger partial charge is 0.513 e. The van der Waals surface area contributed by atoms with Gasteiger partial charge in [0.15, 0.2) is 17.5 Å². The summed E-state index contributed by atoms with van der Waals surface area (Å²) >= 11 is 0. The van der Waals surface area contributed by atoms with Crippen molar-refractivity contribution in [1.82, 2.24) is 10.2 Å². The van der Waals surface area contributed by atoms with Crippen LogP contribution in [-0.4, -0.2) is 48.6 Å². The second-order valence-electron chi connectivity index (χ2n) is 7.07. The fourth-order valence-corrected chi connectivity index (χ4v) is 3.28. The Kier molecular flexibility index (Phi) is 7.34. The molecule has 1 aliphatic heterocycles. The summed E-state index contributed by atoms with van der Waals surface area (Å²) in [6, 6.07) is 7.24. The molecule has 1 aliphatic rings. The van der Waals surface area contributed by atoms with Crippen LogP contribution in [0.1, 0.15) is 40.5 Å². The molecule has 1 heterocycles. The van der Waals surface area contributed by atoms with E-state index in [0.717, 1.165) is 6.07 Å². The third-order valence-electron chi connectivity index (χ3n) is 4.96. The fraction of sp³-hybridized carbons (Fsp3) is 0.318. The van der Waals surface area contributed by atoms with Gasteiger partial charge in [-0.05, 0) is 56.2 Å². The van der Waals surface area contributed by atoms with Crippen molar-refractivity contribution in [2.24, 2.45) is 0 Å². The van der Waals surface area contributed by atoms with E-state index in [1.54, 1.807) is 11.8 Å². The molecule has 1 saturated heterocycles. The predicted molar refractivity (Wildman–Crippen MR) is 107 cm³/mol. The lowest BCUT2D eigenvalue weighted by Gasteiger charge is -2.32. The number of nitrogens with one attached hydrogen (secondary N) is 1. The molecule has 1 fully saturated rings. The molecule has 2 amide bonds. The number of rotatable bonds is 5. The lowest BCUT2D eigenvalue weighted by atomic mass is 10.0. The van der Waals surface area contributed by atoms with Crippen LogP contribution in [0.15, 0.2) is 36.4 Å². The smallest absolute Gasteiger partial charge is 0.434 e. The van der Waals surface area contributed by atoms with Crippen LogP contribution < -0.4 is 10.1 Å². The highest BCUT2D eigenvalue weighted by atomic mass is 19.2. The monoisotopic (exact) mass is 450 g/mol. The summed E-state index contributed by atoms with van der Waals surface area (Å²) < 4.78 is 49.8.